The van der Waals surface area contributed by atoms with E-state index in [1.807, 2.05) is 13.0 Å². The van der Waals surface area contributed by atoms with Crippen LogP contribution in [0.3, 0.4) is 0 Å². The Balaban J connectivity index is 2.87. The molecule has 3 N–H and O–H groups in total. The van der Waals surface area contributed by atoms with Crippen molar-refractivity contribution >= 4 is 11.8 Å². The Hall–Kier alpha value is -1.59. The summed E-state index contributed by atoms with van der Waals surface area (Å²) in [5.74, 6) is 0. The minimum Gasteiger partial charge on any atom is -0.314 e. The number of nitrogens with one attached hydrogen (secondary N) is 1. The number of nitrogens with two attached hydrogens (primary N) is 1. The fourth-order valence-corrected chi connectivity index (χ4v) is 2.56. The average Bonchev–Trinajstić information content (AvgIpc) is 2.25. The zero-order valence-corrected chi connectivity index (χ0v) is 11.2. The molecule has 0 aliphatic heterocycles. The molecule has 0 saturated carbocycles. The van der Waals surface area contributed by atoms with Gasteiger partial charge in [-0.05, 0) is 13.3 Å². The lowest BCUT2D eigenvalue weighted by molar-refractivity contribution is 0.541. The zero-order valence-electron chi connectivity index (χ0n) is 10.4. The van der Waals surface area contributed by atoms with Gasteiger partial charge in [0.25, 0.3) is 0 Å². The van der Waals surface area contributed by atoms with Gasteiger partial charge in [-0.25, -0.2) is 0 Å². The summed E-state index contributed by atoms with van der Waals surface area (Å²) in [4.78, 5) is 25.9. The van der Waals surface area contributed by atoms with E-state index in [-0.39, 0.29) is 5.25 Å². The second-order valence-corrected chi connectivity index (χ2v) is 5.77. The van der Waals surface area contributed by atoms with E-state index in [0.29, 0.717) is 11.6 Å². The summed E-state index contributed by atoms with van der Waals surface area (Å²) in [5, 5.41) is 11.6. The molecule has 2 atom stereocenters. The monoisotopic (exact) mass is 269 g/mol. The highest BCUT2D eigenvalue weighted by Gasteiger charge is 2.22. The van der Waals surface area contributed by atoms with Crippen molar-refractivity contribution in [2.75, 3.05) is 0 Å². The fourth-order valence-electron chi connectivity index (χ4n) is 1.43. The lowest BCUT2D eigenvalue weighted by atomic mass is 10.00. The third-order valence-corrected chi connectivity index (χ3v) is 3.37. The van der Waals surface area contributed by atoms with Crippen LogP contribution < -0.4 is 16.9 Å². The standard InChI is InChI=1S/C10H15N5O2S/c1-6(4-10(2,12)5-11)18-9-13-7(16)8(17)14-15(9)3/h6H,4,12H2,1-3H3,(H,14,17). The van der Waals surface area contributed by atoms with Crippen LogP contribution in [0.15, 0.2) is 14.7 Å². The number of H-pyrrole nitrogens is 1. The topological polar surface area (TPSA) is 118 Å². The minimum absolute atomic E-state index is 0.0105. The molecule has 8 heteroatoms. The fraction of sp³-hybridized carbons (Fsp3) is 0.600. The predicted octanol–water partition coefficient (Wildman–Crippen LogP) is -0.420. The van der Waals surface area contributed by atoms with E-state index in [2.05, 4.69) is 10.1 Å². The quantitative estimate of drug-likeness (QED) is 0.566. The maximum absolute atomic E-state index is 11.2. The molecule has 0 aliphatic rings. The van der Waals surface area contributed by atoms with Crippen LogP contribution in [-0.4, -0.2) is 25.6 Å². The summed E-state index contributed by atoms with van der Waals surface area (Å²) < 4.78 is 1.38. The van der Waals surface area contributed by atoms with E-state index in [4.69, 9.17) is 11.0 Å². The van der Waals surface area contributed by atoms with Crippen LogP contribution in [-0.2, 0) is 7.05 Å². The Kier molecular flexibility index (Phi) is 4.32. The van der Waals surface area contributed by atoms with Gasteiger partial charge in [-0.15, -0.1) is 0 Å². The highest BCUT2D eigenvalue weighted by Crippen LogP contribution is 2.24. The Morgan fingerprint density at radius 3 is 2.83 bits per heavy atom. The van der Waals surface area contributed by atoms with Gasteiger partial charge in [0, 0.05) is 12.3 Å². The number of thioether (sulfide) groups is 1. The molecule has 18 heavy (non-hydrogen) atoms. The van der Waals surface area contributed by atoms with Gasteiger partial charge in [0.2, 0.25) is 0 Å². The lowest BCUT2D eigenvalue weighted by Gasteiger charge is -2.20. The van der Waals surface area contributed by atoms with E-state index < -0.39 is 16.7 Å². The third kappa shape index (κ3) is 3.72. The number of hydrogen-bond acceptors (Lipinski definition) is 6. The zero-order chi connectivity index (χ0) is 13.9. The third-order valence-electron chi connectivity index (χ3n) is 2.22. The number of aromatic nitrogens is 3. The molecule has 2 unspecified atom stereocenters. The number of aromatic amines is 1. The minimum atomic E-state index is -0.923. The molecule has 0 aromatic carbocycles. The summed E-state index contributed by atoms with van der Waals surface area (Å²) in [5.41, 5.74) is 3.24. The second kappa shape index (κ2) is 5.37. The molecule has 1 rings (SSSR count). The maximum Gasteiger partial charge on any atom is 0.339 e. The average molecular weight is 269 g/mol. The van der Waals surface area contributed by atoms with Crippen molar-refractivity contribution in [1.29, 1.82) is 5.26 Å². The van der Waals surface area contributed by atoms with Crippen LogP contribution in [0.4, 0.5) is 0 Å². The van der Waals surface area contributed by atoms with Crippen molar-refractivity contribution in [2.45, 2.75) is 36.2 Å². The Bertz CT molecular complexity index is 583. The molecule has 1 heterocycles. The molecular formula is C10H15N5O2S. The van der Waals surface area contributed by atoms with Crippen molar-refractivity contribution in [3.05, 3.63) is 20.7 Å². The summed E-state index contributed by atoms with van der Waals surface area (Å²) in [6, 6.07) is 2.01. The van der Waals surface area contributed by atoms with Crippen LogP contribution >= 0.6 is 11.8 Å². The highest BCUT2D eigenvalue weighted by atomic mass is 32.2. The van der Waals surface area contributed by atoms with Crippen molar-refractivity contribution in [2.24, 2.45) is 12.8 Å². The molecule has 0 aliphatic carbocycles. The first-order valence-corrected chi connectivity index (χ1v) is 6.17. The van der Waals surface area contributed by atoms with Gasteiger partial charge in [-0.2, -0.15) is 10.2 Å². The molecule has 0 spiro atoms. The van der Waals surface area contributed by atoms with Gasteiger partial charge in [0.15, 0.2) is 5.16 Å². The van der Waals surface area contributed by atoms with Crippen LogP contribution in [0.1, 0.15) is 20.3 Å². The van der Waals surface area contributed by atoms with E-state index >= 15 is 0 Å². The normalized spacial score (nSPS) is 15.7. The maximum atomic E-state index is 11.2. The highest BCUT2D eigenvalue weighted by molar-refractivity contribution is 7.99. The van der Waals surface area contributed by atoms with Gasteiger partial charge in [0.05, 0.1) is 6.07 Å². The number of rotatable bonds is 4. The second-order valence-electron chi connectivity index (χ2n) is 4.36. The van der Waals surface area contributed by atoms with Crippen molar-refractivity contribution in [3.8, 4) is 6.07 Å². The summed E-state index contributed by atoms with van der Waals surface area (Å²) in [6.45, 7) is 3.52. The van der Waals surface area contributed by atoms with E-state index in [1.165, 1.54) is 16.4 Å². The Morgan fingerprint density at radius 2 is 2.28 bits per heavy atom. The first kappa shape index (κ1) is 14.5. The lowest BCUT2D eigenvalue weighted by Crippen LogP contribution is -2.37. The van der Waals surface area contributed by atoms with Crippen LogP contribution in [0.25, 0.3) is 0 Å². The molecule has 0 bridgehead atoms. The molecular weight excluding hydrogens is 254 g/mol. The summed E-state index contributed by atoms with van der Waals surface area (Å²) in [7, 11) is 1.59. The number of nitrogens with zero attached hydrogens (tertiary/aromatic N) is 3. The molecule has 1 aromatic rings. The SMILES string of the molecule is CC(CC(C)(N)C#N)Sc1nc(=O)c(=O)[nH]n1C. The molecule has 0 radical (unpaired) electrons. The molecule has 7 nitrogen and oxygen atoms in total. The van der Waals surface area contributed by atoms with Crippen LogP contribution in [0.2, 0.25) is 0 Å². The van der Waals surface area contributed by atoms with Gasteiger partial charge >= 0.3 is 11.1 Å². The Morgan fingerprint density at radius 1 is 1.67 bits per heavy atom. The van der Waals surface area contributed by atoms with Gasteiger partial charge in [-0.3, -0.25) is 19.4 Å². The van der Waals surface area contributed by atoms with E-state index in [0.717, 1.165) is 0 Å². The summed E-state index contributed by atoms with van der Waals surface area (Å²) in [6.07, 6.45) is 0.448. The van der Waals surface area contributed by atoms with Gasteiger partial charge in [0.1, 0.15) is 5.54 Å². The Labute approximate surface area is 108 Å². The molecule has 0 amide bonds. The number of nitriles is 1. The van der Waals surface area contributed by atoms with E-state index in [9.17, 15) is 9.59 Å². The van der Waals surface area contributed by atoms with Crippen LogP contribution in [0, 0.1) is 11.3 Å². The molecule has 0 saturated heterocycles. The number of aryl methyl sites for hydroxylation is 1. The van der Waals surface area contributed by atoms with Gasteiger partial charge < -0.3 is 5.73 Å². The first-order valence-electron chi connectivity index (χ1n) is 5.29. The predicted molar refractivity (Wildman–Crippen MR) is 68.2 cm³/mol. The molecule has 98 valence electrons. The largest absolute Gasteiger partial charge is 0.339 e. The molecule has 0 fully saturated rings. The van der Waals surface area contributed by atoms with Crippen molar-refractivity contribution in [1.82, 2.24) is 14.8 Å². The van der Waals surface area contributed by atoms with Gasteiger partial charge in [-0.1, -0.05) is 18.7 Å². The smallest absolute Gasteiger partial charge is 0.314 e. The van der Waals surface area contributed by atoms with Crippen molar-refractivity contribution < 1.29 is 0 Å². The number of hydrogen-bond donors (Lipinski definition) is 2. The van der Waals surface area contributed by atoms with Crippen molar-refractivity contribution in [3.63, 3.8) is 0 Å². The molecule has 1 aromatic heterocycles. The van der Waals surface area contributed by atoms with Crippen LogP contribution in [0.5, 0.6) is 0 Å². The first-order chi connectivity index (χ1) is 8.25. The summed E-state index contributed by atoms with van der Waals surface area (Å²) >= 11 is 1.29. The van der Waals surface area contributed by atoms with E-state index in [1.54, 1.807) is 14.0 Å².